The molecular weight excluding hydrogens is 254 g/mol. The number of hydrogen-bond donors (Lipinski definition) is 3. The van der Waals surface area contributed by atoms with Crippen LogP contribution >= 0.6 is 0 Å². The van der Waals surface area contributed by atoms with Crippen molar-refractivity contribution < 1.29 is 9.90 Å². The average Bonchev–Trinajstić information content (AvgIpc) is 2.43. The van der Waals surface area contributed by atoms with Crippen molar-refractivity contribution in [2.24, 2.45) is 11.8 Å². The van der Waals surface area contributed by atoms with Gasteiger partial charge in [0.05, 0.1) is 0 Å². The van der Waals surface area contributed by atoms with E-state index in [2.05, 4.69) is 29.4 Å². The third-order valence-corrected chi connectivity index (χ3v) is 4.23. The summed E-state index contributed by atoms with van der Waals surface area (Å²) in [5, 5.41) is 14.6. The van der Waals surface area contributed by atoms with Gasteiger partial charge in [-0.3, -0.25) is 4.90 Å². The molecule has 5 heteroatoms. The van der Waals surface area contributed by atoms with Gasteiger partial charge in [0.15, 0.2) is 0 Å². The summed E-state index contributed by atoms with van der Waals surface area (Å²) < 4.78 is 0. The summed E-state index contributed by atoms with van der Waals surface area (Å²) in [5.74, 6) is 1.15. The number of piperidine rings is 1. The van der Waals surface area contributed by atoms with Crippen molar-refractivity contribution in [2.75, 3.05) is 32.8 Å². The van der Waals surface area contributed by atoms with Gasteiger partial charge in [-0.05, 0) is 51.1 Å². The van der Waals surface area contributed by atoms with E-state index in [0.29, 0.717) is 25.0 Å². The number of hydrogen-bond acceptors (Lipinski definition) is 3. The highest BCUT2D eigenvalue weighted by Gasteiger charge is 2.20. The molecule has 0 aliphatic carbocycles. The van der Waals surface area contributed by atoms with Gasteiger partial charge < -0.3 is 15.7 Å². The number of nitrogens with zero attached hydrogens (tertiary/aromatic N) is 1. The predicted molar refractivity (Wildman–Crippen MR) is 81.7 cm³/mol. The maximum absolute atomic E-state index is 11.7. The Labute approximate surface area is 123 Å². The van der Waals surface area contributed by atoms with E-state index >= 15 is 0 Å². The first-order valence-corrected chi connectivity index (χ1v) is 7.89. The van der Waals surface area contributed by atoms with Crippen LogP contribution in [-0.4, -0.2) is 54.9 Å². The van der Waals surface area contributed by atoms with E-state index in [4.69, 9.17) is 5.11 Å². The van der Waals surface area contributed by atoms with Crippen molar-refractivity contribution >= 4 is 6.03 Å². The van der Waals surface area contributed by atoms with E-state index in [1.807, 2.05) is 6.92 Å². The van der Waals surface area contributed by atoms with Crippen LogP contribution in [0.2, 0.25) is 0 Å². The monoisotopic (exact) mass is 285 g/mol. The van der Waals surface area contributed by atoms with E-state index in [1.54, 1.807) is 0 Å². The Bertz CT molecular complexity index is 278. The van der Waals surface area contributed by atoms with Crippen LogP contribution in [-0.2, 0) is 0 Å². The van der Waals surface area contributed by atoms with E-state index < -0.39 is 0 Å². The Morgan fingerprint density at radius 1 is 1.25 bits per heavy atom. The second-order valence-corrected chi connectivity index (χ2v) is 6.28. The third-order valence-electron chi connectivity index (χ3n) is 4.23. The Kier molecular flexibility index (Phi) is 7.92. The number of urea groups is 1. The van der Waals surface area contributed by atoms with Crippen molar-refractivity contribution in [3.8, 4) is 0 Å². The highest BCUT2D eigenvalue weighted by Crippen LogP contribution is 2.17. The fourth-order valence-corrected chi connectivity index (χ4v) is 2.49. The SMILES string of the molecule is CC1CCN(C(C)CNC(=O)NCC(C)CCO)CC1. The summed E-state index contributed by atoms with van der Waals surface area (Å²) in [6, 6.07) is 0.287. The molecule has 1 aliphatic heterocycles. The van der Waals surface area contributed by atoms with Gasteiger partial charge in [-0.25, -0.2) is 4.79 Å². The van der Waals surface area contributed by atoms with Crippen LogP contribution in [0, 0.1) is 11.8 Å². The molecule has 118 valence electrons. The molecule has 20 heavy (non-hydrogen) atoms. The van der Waals surface area contributed by atoms with Gasteiger partial charge in [-0.1, -0.05) is 13.8 Å². The molecule has 1 heterocycles. The molecule has 2 unspecified atom stereocenters. The largest absolute Gasteiger partial charge is 0.396 e. The van der Waals surface area contributed by atoms with Crippen molar-refractivity contribution in [2.45, 2.75) is 46.1 Å². The molecule has 1 fully saturated rings. The number of carbonyl (C=O) groups is 1. The molecule has 0 spiro atoms. The second kappa shape index (κ2) is 9.19. The fraction of sp³-hybridized carbons (Fsp3) is 0.933. The summed E-state index contributed by atoms with van der Waals surface area (Å²) in [4.78, 5) is 14.1. The van der Waals surface area contributed by atoms with Crippen molar-refractivity contribution in [1.29, 1.82) is 0 Å². The lowest BCUT2D eigenvalue weighted by molar-refractivity contribution is 0.145. The molecular formula is C15H31N3O2. The van der Waals surface area contributed by atoms with Gasteiger partial charge in [0, 0.05) is 25.7 Å². The smallest absolute Gasteiger partial charge is 0.314 e. The molecule has 0 aromatic heterocycles. The van der Waals surface area contributed by atoms with E-state index in [1.165, 1.54) is 12.8 Å². The first-order valence-electron chi connectivity index (χ1n) is 7.89. The number of nitrogens with one attached hydrogen (secondary N) is 2. The Hall–Kier alpha value is -0.810. The van der Waals surface area contributed by atoms with Gasteiger partial charge in [0.1, 0.15) is 0 Å². The zero-order chi connectivity index (χ0) is 15.0. The molecule has 2 atom stereocenters. The zero-order valence-corrected chi connectivity index (χ0v) is 13.2. The van der Waals surface area contributed by atoms with Gasteiger partial charge in [0.25, 0.3) is 0 Å². The average molecular weight is 285 g/mol. The minimum absolute atomic E-state index is 0.105. The summed E-state index contributed by atoms with van der Waals surface area (Å²) in [6.45, 7) is 10.3. The van der Waals surface area contributed by atoms with E-state index in [-0.39, 0.29) is 12.6 Å². The Morgan fingerprint density at radius 2 is 1.85 bits per heavy atom. The molecule has 1 aliphatic rings. The molecule has 0 bridgehead atoms. The lowest BCUT2D eigenvalue weighted by atomic mass is 9.98. The van der Waals surface area contributed by atoms with Crippen LogP contribution in [0.25, 0.3) is 0 Å². The minimum Gasteiger partial charge on any atom is -0.396 e. The summed E-state index contributed by atoms with van der Waals surface area (Å²) in [7, 11) is 0. The highest BCUT2D eigenvalue weighted by atomic mass is 16.3. The zero-order valence-electron chi connectivity index (χ0n) is 13.2. The van der Waals surface area contributed by atoms with Crippen LogP contribution in [0.1, 0.15) is 40.0 Å². The molecule has 0 saturated carbocycles. The van der Waals surface area contributed by atoms with Crippen LogP contribution < -0.4 is 10.6 Å². The van der Waals surface area contributed by atoms with Gasteiger partial charge >= 0.3 is 6.03 Å². The van der Waals surface area contributed by atoms with Gasteiger partial charge in [-0.15, -0.1) is 0 Å². The fourth-order valence-electron chi connectivity index (χ4n) is 2.49. The molecule has 0 aromatic carbocycles. The van der Waals surface area contributed by atoms with Gasteiger partial charge in [0.2, 0.25) is 0 Å². The number of amides is 2. The van der Waals surface area contributed by atoms with Crippen molar-refractivity contribution in [1.82, 2.24) is 15.5 Å². The van der Waals surface area contributed by atoms with E-state index in [9.17, 15) is 4.79 Å². The standard InChI is InChI=1S/C15H31N3O2/c1-12-4-7-18(8-5-12)14(3)11-17-15(20)16-10-13(2)6-9-19/h12-14,19H,4-11H2,1-3H3,(H2,16,17,20). The lowest BCUT2D eigenvalue weighted by Gasteiger charge is -2.35. The molecule has 5 nitrogen and oxygen atoms in total. The predicted octanol–water partition coefficient (Wildman–Crippen LogP) is 1.42. The highest BCUT2D eigenvalue weighted by molar-refractivity contribution is 5.73. The topological polar surface area (TPSA) is 64.6 Å². The molecule has 1 saturated heterocycles. The molecule has 1 rings (SSSR count). The molecule has 2 amide bonds. The number of aliphatic hydroxyl groups is 1. The number of carbonyl (C=O) groups excluding carboxylic acids is 1. The molecule has 3 N–H and O–H groups in total. The van der Waals surface area contributed by atoms with Crippen LogP contribution in [0.5, 0.6) is 0 Å². The maximum Gasteiger partial charge on any atom is 0.314 e. The number of aliphatic hydroxyl groups excluding tert-OH is 1. The summed E-state index contributed by atoms with van der Waals surface area (Å²) in [6.07, 6.45) is 3.24. The van der Waals surface area contributed by atoms with Gasteiger partial charge in [-0.2, -0.15) is 0 Å². The van der Waals surface area contributed by atoms with Crippen molar-refractivity contribution in [3.05, 3.63) is 0 Å². The van der Waals surface area contributed by atoms with E-state index in [0.717, 1.165) is 25.4 Å². The second-order valence-electron chi connectivity index (χ2n) is 6.28. The Morgan fingerprint density at radius 3 is 2.45 bits per heavy atom. The Balaban J connectivity index is 2.13. The first-order chi connectivity index (χ1) is 9.52. The summed E-state index contributed by atoms with van der Waals surface area (Å²) >= 11 is 0. The first kappa shape index (κ1) is 17.2. The normalized spacial score (nSPS) is 20.4. The van der Waals surface area contributed by atoms with Crippen LogP contribution in [0.3, 0.4) is 0 Å². The number of rotatable bonds is 7. The minimum atomic E-state index is -0.105. The summed E-state index contributed by atoms with van der Waals surface area (Å²) in [5.41, 5.74) is 0. The maximum atomic E-state index is 11.7. The van der Waals surface area contributed by atoms with Crippen LogP contribution in [0.15, 0.2) is 0 Å². The molecule has 0 aromatic rings. The quantitative estimate of drug-likeness (QED) is 0.663. The number of likely N-dealkylation sites (tertiary alicyclic amines) is 1. The molecule has 0 radical (unpaired) electrons. The van der Waals surface area contributed by atoms with Crippen LogP contribution in [0.4, 0.5) is 4.79 Å². The lowest BCUT2D eigenvalue weighted by Crippen LogP contribution is -2.48. The third kappa shape index (κ3) is 6.57. The van der Waals surface area contributed by atoms with Crippen molar-refractivity contribution in [3.63, 3.8) is 0 Å².